The molecule has 0 aliphatic carbocycles. The Morgan fingerprint density at radius 1 is 1.32 bits per heavy atom. The normalized spacial score (nSPS) is 14.6. The summed E-state index contributed by atoms with van der Waals surface area (Å²) in [7, 11) is 0. The average molecular weight is 350 g/mol. The molecule has 1 aromatic carbocycles. The minimum Gasteiger partial charge on any atom is -0.481 e. The maximum absolute atomic E-state index is 12.0. The number of aliphatic hydroxyl groups is 1. The second kappa shape index (κ2) is 8.91. The van der Waals surface area contributed by atoms with Crippen molar-refractivity contribution in [1.29, 1.82) is 0 Å². The molecular formula is C16H22N4O5. The first-order chi connectivity index (χ1) is 11.6. The SMILES string of the molecule is CC(C)(C)OC(=O)N[C@@H](Cc1ccccc1)[C@H](O)[C@H](N=[N+]=[N-])C(=O)O. The predicted molar refractivity (Wildman–Crippen MR) is 89.9 cm³/mol. The number of nitrogens with zero attached hydrogens (tertiary/aromatic N) is 3. The lowest BCUT2D eigenvalue weighted by atomic mass is 9.97. The van der Waals surface area contributed by atoms with E-state index in [1.807, 2.05) is 0 Å². The molecular weight excluding hydrogens is 328 g/mol. The predicted octanol–water partition coefficient (Wildman–Crippen LogP) is 2.25. The molecule has 0 fully saturated rings. The highest BCUT2D eigenvalue weighted by atomic mass is 16.6. The number of benzene rings is 1. The molecule has 0 bridgehead atoms. The zero-order chi connectivity index (χ0) is 19.0. The van der Waals surface area contributed by atoms with E-state index in [0.29, 0.717) is 0 Å². The smallest absolute Gasteiger partial charge is 0.407 e. The van der Waals surface area contributed by atoms with Crippen LogP contribution in [-0.4, -0.2) is 46.1 Å². The Bertz CT molecular complexity index is 636. The molecule has 9 nitrogen and oxygen atoms in total. The molecule has 0 aromatic heterocycles. The van der Waals surface area contributed by atoms with E-state index in [0.717, 1.165) is 5.56 Å². The second-order valence-corrected chi connectivity index (χ2v) is 6.42. The fourth-order valence-electron chi connectivity index (χ4n) is 2.12. The van der Waals surface area contributed by atoms with Gasteiger partial charge in [0.1, 0.15) is 5.60 Å². The van der Waals surface area contributed by atoms with E-state index >= 15 is 0 Å². The van der Waals surface area contributed by atoms with E-state index in [-0.39, 0.29) is 6.42 Å². The topological polar surface area (TPSA) is 145 Å². The summed E-state index contributed by atoms with van der Waals surface area (Å²) in [6, 6.07) is 6.11. The van der Waals surface area contributed by atoms with E-state index < -0.39 is 35.9 Å². The summed E-state index contributed by atoms with van der Waals surface area (Å²) in [5.74, 6) is -1.49. The van der Waals surface area contributed by atoms with Crippen molar-refractivity contribution in [2.45, 2.75) is 51.0 Å². The number of ether oxygens (including phenoxy) is 1. The fraction of sp³-hybridized carbons (Fsp3) is 0.500. The van der Waals surface area contributed by atoms with Crippen LogP contribution in [0.5, 0.6) is 0 Å². The Kier molecular flexibility index (Phi) is 7.22. The monoisotopic (exact) mass is 350 g/mol. The number of carbonyl (C=O) groups is 2. The molecule has 0 saturated heterocycles. The number of aliphatic carboxylic acids is 1. The lowest BCUT2D eigenvalue weighted by molar-refractivity contribution is -0.141. The molecule has 25 heavy (non-hydrogen) atoms. The number of hydrogen-bond donors (Lipinski definition) is 3. The Morgan fingerprint density at radius 3 is 2.40 bits per heavy atom. The molecule has 0 spiro atoms. The van der Waals surface area contributed by atoms with Crippen molar-refractivity contribution >= 4 is 12.1 Å². The molecule has 136 valence electrons. The number of alkyl carbamates (subject to hydrolysis) is 1. The zero-order valence-corrected chi connectivity index (χ0v) is 14.3. The molecule has 9 heteroatoms. The minimum absolute atomic E-state index is 0.131. The Balaban J connectivity index is 3.02. The third kappa shape index (κ3) is 7.11. The standard InChI is InChI=1S/C16H22N4O5/c1-16(2,3)25-15(24)18-11(9-10-7-5-4-6-8-10)13(21)12(14(22)23)19-20-17/h4-8,11-13,21H,9H2,1-3H3,(H,18,24)(H,22,23)/t11-,12-,13-/m0/s1. The maximum atomic E-state index is 12.0. The Labute approximate surface area is 145 Å². The molecule has 0 unspecified atom stereocenters. The summed E-state index contributed by atoms with van der Waals surface area (Å²) in [4.78, 5) is 25.7. The van der Waals surface area contributed by atoms with Gasteiger partial charge in [-0.05, 0) is 38.3 Å². The van der Waals surface area contributed by atoms with Crippen molar-refractivity contribution in [3.63, 3.8) is 0 Å². The lowest BCUT2D eigenvalue weighted by Crippen LogP contribution is -2.52. The van der Waals surface area contributed by atoms with Crippen molar-refractivity contribution in [3.8, 4) is 0 Å². The molecule has 0 saturated carbocycles. The van der Waals surface area contributed by atoms with Crippen molar-refractivity contribution in [3.05, 3.63) is 46.3 Å². The van der Waals surface area contributed by atoms with Crippen LogP contribution in [0.1, 0.15) is 26.3 Å². The van der Waals surface area contributed by atoms with Gasteiger partial charge >= 0.3 is 12.1 Å². The number of hydrogen-bond acceptors (Lipinski definition) is 5. The van der Waals surface area contributed by atoms with Crippen LogP contribution in [0.25, 0.3) is 10.4 Å². The quantitative estimate of drug-likeness (QED) is 0.392. The first kappa shape index (κ1) is 20.3. The molecule has 1 aromatic rings. The van der Waals surface area contributed by atoms with Crippen molar-refractivity contribution in [1.82, 2.24) is 5.32 Å². The number of carboxylic acid groups (broad SMARTS) is 1. The third-order valence-electron chi connectivity index (χ3n) is 3.17. The van der Waals surface area contributed by atoms with Gasteiger partial charge in [-0.25, -0.2) is 4.79 Å². The molecule has 1 amide bonds. The van der Waals surface area contributed by atoms with E-state index in [9.17, 15) is 14.7 Å². The Hall–Kier alpha value is -2.77. The van der Waals surface area contributed by atoms with Crippen LogP contribution in [0, 0.1) is 0 Å². The summed E-state index contributed by atoms with van der Waals surface area (Å²) in [6.45, 7) is 5.03. The van der Waals surface area contributed by atoms with Crippen LogP contribution >= 0.6 is 0 Å². The first-order valence-electron chi connectivity index (χ1n) is 7.62. The van der Waals surface area contributed by atoms with Gasteiger partial charge in [0.25, 0.3) is 0 Å². The lowest BCUT2D eigenvalue weighted by Gasteiger charge is -2.28. The summed E-state index contributed by atoms with van der Waals surface area (Å²) in [5.41, 5.74) is 8.51. The van der Waals surface area contributed by atoms with Crippen LogP contribution in [0.15, 0.2) is 35.4 Å². The van der Waals surface area contributed by atoms with Gasteiger partial charge in [-0.1, -0.05) is 35.4 Å². The van der Waals surface area contributed by atoms with Crippen molar-refractivity contribution in [2.24, 2.45) is 5.11 Å². The van der Waals surface area contributed by atoms with Crippen LogP contribution in [0.4, 0.5) is 4.79 Å². The van der Waals surface area contributed by atoms with Gasteiger partial charge in [-0.3, -0.25) is 4.79 Å². The number of carboxylic acids is 1. The summed E-state index contributed by atoms with van der Waals surface area (Å²) in [5, 5.41) is 25.1. The largest absolute Gasteiger partial charge is 0.481 e. The summed E-state index contributed by atoms with van der Waals surface area (Å²) < 4.78 is 5.14. The van der Waals surface area contributed by atoms with Gasteiger partial charge in [-0.15, -0.1) is 0 Å². The van der Waals surface area contributed by atoms with Crippen LogP contribution in [-0.2, 0) is 16.0 Å². The van der Waals surface area contributed by atoms with Crippen molar-refractivity contribution in [2.75, 3.05) is 0 Å². The zero-order valence-electron chi connectivity index (χ0n) is 14.3. The second-order valence-electron chi connectivity index (χ2n) is 6.42. The van der Waals surface area contributed by atoms with Gasteiger partial charge in [0.15, 0.2) is 6.04 Å². The molecule has 0 radical (unpaired) electrons. The van der Waals surface area contributed by atoms with E-state index in [1.165, 1.54) is 0 Å². The number of carbonyl (C=O) groups excluding carboxylic acids is 1. The van der Waals surface area contributed by atoms with Crippen LogP contribution < -0.4 is 5.32 Å². The number of azide groups is 1. The molecule has 0 aliphatic heterocycles. The number of nitrogens with one attached hydrogen (secondary N) is 1. The van der Waals surface area contributed by atoms with Gasteiger partial charge in [0.05, 0.1) is 12.1 Å². The van der Waals surface area contributed by atoms with Gasteiger partial charge in [-0.2, -0.15) is 0 Å². The van der Waals surface area contributed by atoms with E-state index in [2.05, 4.69) is 15.3 Å². The first-order valence-corrected chi connectivity index (χ1v) is 7.62. The molecule has 0 heterocycles. The minimum atomic E-state index is -1.74. The maximum Gasteiger partial charge on any atom is 0.407 e. The van der Waals surface area contributed by atoms with Gasteiger partial charge in [0.2, 0.25) is 0 Å². The molecule has 3 atom stereocenters. The highest BCUT2D eigenvalue weighted by Gasteiger charge is 2.34. The van der Waals surface area contributed by atoms with E-state index in [1.54, 1.807) is 51.1 Å². The number of amides is 1. The third-order valence-corrected chi connectivity index (χ3v) is 3.17. The fourth-order valence-corrected chi connectivity index (χ4v) is 2.12. The number of rotatable bonds is 7. The van der Waals surface area contributed by atoms with Gasteiger partial charge in [0, 0.05) is 4.91 Å². The van der Waals surface area contributed by atoms with Gasteiger partial charge < -0.3 is 20.3 Å². The summed E-state index contributed by atoms with van der Waals surface area (Å²) >= 11 is 0. The molecule has 3 N–H and O–H groups in total. The number of aliphatic hydroxyl groups excluding tert-OH is 1. The Morgan fingerprint density at radius 2 is 1.92 bits per heavy atom. The molecule has 1 rings (SSSR count). The summed E-state index contributed by atoms with van der Waals surface area (Å²) in [6.07, 6.45) is -2.31. The van der Waals surface area contributed by atoms with Crippen LogP contribution in [0.3, 0.4) is 0 Å². The van der Waals surface area contributed by atoms with Crippen molar-refractivity contribution < 1.29 is 24.5 Å². The highest BCUT2D eigenvalue weighted by Crippen LogP contribution is 2.14. The molecule has 0 aliphatic rings. The average Bonchev–Trinajstić information content (AvgIpc) is 2.50. The van der Waals surface area contributed by atoms with Crippen LogP contribution in [0.2, 0.25) is 0 Å². The van der Waals surface area contributed by atoms with E-state index in [4.69, 9.17) is 15.4 Å². The highest BCUT2D eigenvalue weighted by molar-refractivity contribution is 5.75.